The molecule has 1 aliphatic heterocycles. The van der Waals surface area contributed by atoms with Gasteiger partial charge in [0.05, 0.1) is 12.8 Å². The first-order valence-electron chi connectivity index (χ1n) is 7.26. The maximum atomic E-state index is 5.58. The number of nitrogens with zero attached hydrogens (tertiary/aromatic N) is 2. The van der Waals surface area contributed by atoms with E-state index in [2.05, 4.69) is 49.1 Å². The van der Waals surface area contributed by atoms with Crippen molar-refractivity contribution < 1.29 is 4.42 Å². The Morgan fingerprint density at radius 3 is 2.84 bits per heavy atom. The van der Waals surface area contributed by atoms with Crippen molar-refractivity contribution in [3.63, 3.8) is 0 Å². The molecule has 0 bridgehead atoms. The lowest BCUT2D eigenvalue weighted by Crippen LogP contribution is -2.34. The van der Waals surface area contributed by atoms with Gasteiger partial charge in [-0.1, -0.05) is 13.8 Å². The number of hydrogen-bond donors (Lipinski definition) is 1. The van der Waals surface area contributed by atoms with E-state index in [-0.39, 0.29) is 0 Å². The summed E-state index contributed by atoms with van der Waals surface area (Å²) < 4.78 is 5.58. The topological polar surface area (TPSA) is 31.7 Å². The van der Waals surface area contributed by atoms with Crippen molar-refractivity contribution in [2.45, 2.75) is 33.0 Å². The predicted octanol–water partition coefficient (Wildman–Crippen LogP) is 1.77. The standard InChI is InChI=1S/C15H27N3O/c1-5-16-8-15-13(6-7-19-15)10-18-9-12(2)14(11-18)17(3)4/h6-7,12,14,16H,5,8-11H2,1-4H3. The number of furan rings is 1. The summed E-state index contributed by atoms with van der Waals surface area (Å²) in [6.45, 7) is 9.61. The molecule has 1 saturated heterocycles. The number of nitrogens with one attached hydrogen (secondary N) is 1. The number of likely N-dealkylation sites (N-methyl/N-ethyl adjacent to an activating group) is 1. The van der Waals surface area contributed by atoms with Gasteiger partial charge in [-0.05, 0) is 32.6 Å². The minimum Gasteiger partial charge on any atom is -0.468 e. The third kappa shape index (κ3) is 3.59. The Labute approximate surface area is 116 Å². The third-order valence-corrected chi connectivity index (χ3v) is 4.08. The maximum absolute atomic E-state index is 5.58. The van der Waals surface area contributed by atoms with Gasteiger partial charge >= 0.3 is 0 Å². The molecule has 0 aromatic carbocycles. The fourth-order valence-corrected chi connectivity index (χ4v) is 2.99. The zero-order valence-electron chi connectivity index (χ0n) is 12.6. The molecule has 1 aromatic heterocycles. The highest BCUT2D eigenvalue weighted by Gasteiger charge is 2.31. The summed E-state index contributed by atoms with van der Waals surface area (Å²) in [4.78, 5) is 4.88. The van der Waals surface area contributed by atoms with Gasteiger partial charge < -0.3 is 14.6 Å². The van der Waals surface area contributed by atoms with E-state index in [4.69, 9.17) is 4.42 Å². The average molecular weight is 265 g/mol. The van der Waals surface area contributed by atoms with Gasteiger partial charge in [0.2, 0.25) is 0 Å². The van der Waals surface area contributed by atoms with Crippen LogP contribution in [0.3, 0.4) is 0 Å². The molecular weight excluding hydrogens is 238 g/mol. The lowest BCUT2D eigenvalue weighted by molar-refractivity contribution is 0.249. The fraction of sp³-hybridized carbons (Fsp3) is 0.733. The normalized spacial score (nSPS) is 24.5. The minimum atomic E-state index is 0.670. The van der Waals surface area contributed by atoms with Crippen LogP contribution in [0.5, 0.6) is 0 Å². The Morgan fingerprint density at radius 2 is 2.21 bits per heavy atom. The summed E-state index contributed by atoms with van der Waals surface area (Å²) in [5, 5.41) is 3.33. The third-order valence-electron chi connectivity index (χ3n) is 4.08. The Balaban J connectivity index is 1.93. The van der Waals surface area contributed by atoms with Crippen molar-refractivity contribution in [2.75, 3.05) is 33.7 Å². The van der Waals surface area contributed by atoms with Crippen LogP contribution in [0, 0.1) is 5.92 Å². The maximum Gasteiger partial charge on any atom is 0.122 e. The van der Waals surface area contributed by atoms with E-state index < -0.39 is 0 Å². The fourth-order valence-electron chi connectivity index (χ4n) is 2.99. The molecule has 0 spiro atoms. The summed E-state index contributed by atoms with van der Waals surface area (Å²) in [5.74, 6) is 1.82. The Kier molecular flexibility index (Phi) is 5.02. The van der Waals surface area contributed by atoms with Crippen LogP contribution in [0.25, 0.3) is 0 Å². The molecule has 2 rings (SSSR count). The van der Waals surface area contributed by atoms with E-state index in [0.29, 0.717) is 6.04 Å². The zero-order valence-corrected chi connectivity index (χ0v) is 12.6. The monoisotopic (exact) mass is 265 g/mol. The first-order valence-corrected chi connectivity index (χ1v) is 7.26. The molecule has 1 fully saturated rings. The zero-order chi connectivity index (χ0) is 13.8. The second-order valence-electron chi connectivity index (χ2n) is 5.85. The van der Waals surface area contributed by atoms with Crippen molar-refractivity contribution in [3.05, 3.63) is 23.7 Å². The SMILES string of the molecule is CCNCc1occc1CN1CC(C)C(N(C)C)C1. The molecule has 108 valence electrons. The van der Waals surface area contributed by atoms with Crippen LogP contribution in [-0.4, -0.2) is 49.6 Å². The van der Waals surface area contributed by atoms with Crippen LogP contribution >= 0.6 is 0 Å². The molecule has 2 heterocycles. The summed E-state index contributed by atoms with van der Waals surface area (Å²) in [6.07, 6.45) is 1.81. The van der Waals surface area contributed by atoms with Crippen LogP contribution in [0.2, 0.25) is 0 Å². The van der Waals surface area contributed by atoms with Gasteiger partial charge in [-0.3, -0.25) is 4.90 Å². The molecule has 2 unspecified atom stereocenters. The second kappa shape index (κ2) is 6.55. The van der Waals surface area contributed by atoms with Gasteiger partial charge in [-0.15, -0.1) is 0 Å². The summed E-state index contributed by atoms with van der Waals surface area (Å²) in [7, 11) is 4.36. The number of rotatable bonds is 6. The Bertz CT molecular complexity index is 388. The number of likely N-dealkylation sites (tertiary alicyclic amines) is 1. The van der Waals surface area contributed by atoms with E-state index in [1.165, 1.54) is 12.1 Å². The molecule has 0 radical (unpaired) electrons. The van der Waals surface area contributed by atoms with Crippen molar-refractivity contribution in [2.24, 2.45) is 5.92 Å². The molecule has 1 aromatic rings. The lowest BCUT2D eigenvalue weighted by atomic mass is 10.1. The van der Waals surface area contributed by atoms with E-state index >= 15 is 0 Å². The lowest BCUT2D eigenvalue weighted by Gasteiger charge is -2.22. The molecule has 1 N–H and O–H groups in total. The molecule has 4 heteroatoms. The highest BCUT2D eigenvalue weighted by atomic mass is 16.3. The Hall–Kier alpha value is -0.840. The van der Waals surface area contributed by atoms with Crippen LogP contribution in [0.15, 0.2) is 16.7 Å². The summed E-state index contributed by atoms with van der Waals surface area (Å²) in [5.41, 5.74) is 1.33. The molecule has 0 amide bonds. The average Bonchev–Trinajstić information content (AvgIpc) is 2.94. The van der Waals surface area contributed by atoms with E-state index in [0.717, 1.165) is 37.9 Å². The van der Waals surface area contributed by atoms with Crippen molar-refractivity contribution in [3.8, 4) is 0 Å². The molecule has 19 heavy (non-hydrogen) atoms. The largest absolute Gasteiger partial charge is 0.468 e. The van der Waals surface area contributed by atoms with Crippen LogP contribution < -0.4 is 5.32 Å². The van der Waals surface area contributed by atoms with Gasteiger partial charge in [0, 0.05) is 31.2 Å². The van der Waals surface area contributed by atoms with Crippen molar-refractivity contribution in [1.29, 1.82) is 0 Å². The van der Waals surface area contributed by atoms with Gasteiger partial charge in [0.1, 0.15) is 5.76 Å². The predicted molar refractivity (Wildman–Crippen MR) is 78.0 cm³/mol. The molecule has 4 nitrogen and oxygen atoms in total. The van der Waals surface area contributed by atoms with E-state index in [1.54, 1.807) is 0 Å². The highest BCUT2D eigenvalue weighted by molar-refractivity contribution is 5.17. The van der Waals surface area contributed by atoms with Gasteiger partial charge in [-0.25, -0.2) is 0 Å². The molecule has 2 atom stereocenters. The van der Waals surface area contributed by atoms with E-state index in [9.17, 15) is 0 Å². The van der Waals surface area contributed by atoms with Crippen LogP contribution in [-0.2, 0) is 13.1 Å². The van der Waals surface area contributed by atoms with Crippen molar-refractivity contribution in [1.82, 2.24) is 15.1 Å². The Morgan fingerprint density at radius 1 is 1.42 bits per heavy atom. The molecular formula is C15H27N3O. The van der Waals surface area contributed by atoms with Gasteiger partial charge in [0.15, 0.2) is 0 Å². The first kappa shape index (κ1) is 14.6. The molecule has 1 aliphatic rings. The van der Waals surface area contributed by atoms with Crippen molar-refractivity contribution >= 4 is 0 Å². The van der Waals surface area contributed by atoms with Gasteiger partial charge in [-0.2, -0.15) is 0 Å². The summed E-state index contributed by atoms with van der Waals surface area (Å²) >= 11 is 0. The van der Waals surface area contributed by atoms with Gasteiger partial charge in [0.25, 0.3) is 0 Å². The molecule has 0 aliphatic carbocycles. The second-order valence-corrected chi connectivity index (χ2v) is 5.85. The summed E-state index contributed by atoms with van der Waals surface area (Å²) in [6, 6.07) is 2.78. The molecule has 0 saturated carbocycles. The first-order chi connectivity index (χ1) is 9.11. The van der Waals surface area contributed by atoms with Crippen LogP contribution in [0.4, 0.5) is 0 Å². The minimum absolute atomic E-state index is 0.670. The van der Waals surface area contributed by atoms with Crippen LogP contribution in [0.1, 0.15) is 25.2 Å². The van der Waals surface area contributed by atoms with E-state index in [1.807, 2.05) is 6.26 Å². The highest BCUT2D eigenvalue weighted by Crippen LogP contribution is 2.23. The smallest absolute Gasteiger partial charge is 0.122 e. The quantitative estimate of drug-likeness (QED) is 0.849. The number of hydrogen-bond acceptors (Lipinski definition) is 4.